The lowest BCUT2D eigenvalue weighted by Gasteiger charge is -2.03. The smallest absolute Gasteiger partial charge is 0.358 e. The van der Waals surface area contributed by atoms with Crippen LogP contribution in [-0.4, -0.2) is 34.5 Å². The highest BCUT2D eigenvalue weighted by Crippen LogP contribution is 2.48. The van der Waals surface area contributed by atoms with Crippen LogP contribution in [0, 0.1) is 50.6 Å². The summed E-state index contributed by atoms with van der Waals surface area (Å²) in [7, 11) is 0. The van der Waals surface area contributed by atoms with Crippen LogP contribution < -0.4 is 5.45 Å². The van der Waals surface area contributed by atoms with Crippen molar-refractivity contribution in [3.63, 3.8) is 0 Å². The van der Waals surface area contributed by atoms with Crippen molar-refractivity contribution in [1.82, 2.24) is 9.89 Å². The molecule has 0 saturated carbocycles. The molecule has 0 radical (unpaired) electrons. The molecule has 0 bridgehead atoms. The molecule has 1 aromatic carbocycles. The van der Waals surface area contributed by atoms with E-state index in [0.29, 0.717) is 0 Å². The normalized spacial score (nSPS) is 10.4. The lowest BCUT2D eigenvalue weighted by molar-refractivity contribution is -0.403. The second-order valence-electron chi connectivity index (χ2n) is 4.77. The van der Waals surface area contributed by atoms with Gasteiger partial charge in [-0.15, -0.1) is 0 Å². The molecule has 1 heterocycles. The fourth-order valence-corrected chi connectivity index (χ4v) is 2.26. The third-order valence-corrected chi connectivity index (χ3v) is 3.25. The Morgan fingerprint density at radius 2 is 1.24 bits per heavy atom. The average molecular weight is 420 g/mol. The molecule has 0 aliphatic rings. The third-order valence-electron chi connectivity index (χ3n) is 3.25. The van der Waals surface area contributed by atoms with Crippen LogP contribution in [0.25, 0.3) is 11.1 Å². The van der Waals surface area contributed by atoms with Crippen LogP contribution in [0.15, 0.2) is 12.1 Å². The van der Waals surface area contributed by atoms with Crippen molar-refractivity contribution in [2.45, 2.75) is 0 Å². The number of halogens is 2. The standard InChI is InChI=1S/C9H2F2N8O10/c10-19(11)13-9(18(28)29)7(8(12-13)17(26)27)6-4(15(22)23)1-3(14(20)21)2-5(6)16(24)25/h1-2H. The van der Waals surface area contributed by atoms with Crippen molar-refractivity contribution in [1.29, 1.82) is 0 Å². The maximum Gasteiger partial charge on any atom is 0.431 e. The van der Waals surface area contributed by atoms with Gasteiger partial charge in [-0.3, -0.25) is 30.3 Å². The Bertz CT molecular complexity index is 1060. The van der Waals surface area contributed by atoms with E-state index >= 15 is 0 Å². The Kier molecular flexibility index (Phi) is 4.93. The molecule has 2 rings (SSSR count). The number of nitro groups is 5. The number of aromatic nitrogens is 2. The fourth-order valence-electron chi connectivity index (χ4n) is 2.26. The molecule has 18 nitrogen and oxygen atoms in total. The van der Waals surface area contributed by atoms with Gasteiger partial charge in [0.15, 0.2) is 21.7 Å². The molecule has 0 aliphatic carbocycles. The van der Waals surface area contributed by atoms with Gasteiger partial charge in [-0.25, -0.2) is 0 Å². The zero-order valence-corrected chi connectivity index (χ0v) is 13.1. The molecule has 0 amide bonds. The molecule has 29 heavy (non-hydrogen) atoms. The van der Waals surface area contributed by atoms with E-state index in [9.17, 15) is 59.5 Å². The summed E-state index contributed by atoms with van der Waals surface area (Å²) >= 11 is 0. The van der Waals surface area contributed by atoms with Gasteiger partial charge in [0.05, 0.1) is 26.9 Å². The minimum absolute atomic E-state index is 0.121. The first-order chi connectivity index (χ1) is 13.4. The van der Waals surface area contributed by atoms with Crippen LogP contribution in [0.3, 0.4) is 0 Å². The Morgan fingerprint density at radius 1 is 0.759 bits per heavy atom. The van der Waals surface area contributed by atoms with Gasteiger partial charge >= 0.3 is 11.6 Å². The Balaban J connectivity index is 3.18. The zero-order chi connectivity index (χ0) is 22.2. The number of non-ortho nitro benzene ring substituents is 1. The van der Waals surface area contributed by atoms with Gasteiger partial charge in [0.2, 0.25) is 0 Å². The first kappa shape index (κ1) is 20.4. The number of nitrogens with zero attached hydrogens (tertiary/aromatic N) is 8. The fraction of sp³-hybridized carbons (Fsp3) is 0. The molecule has 1 aromatic heterocycles. The van der Waals surface area contributed by atoms with E-state index in [0.717, 1.165) is 0 Å². The van der Waals surface area contributed by atoms with E-state index in [2.05, 4.69) is 5.10 Å². The monoisotopic (exact) mass is 420 g/mol. The zero-order valence-electron chi connectivity index (χ0n) is 13.1. The Hall–Kier alpha value is -4.91. The highest BCUT2D eigenvalue weighted by atomic mass is 19.4. The van der Waals surface area contributed by atoms with Crippen molar-refractivity contribution < 1.29 is 33.6 Å². The van der Waals surface area contributed by atoms with E-state index in [1.54, 1.807) is 0 Å². The third kappa shape index (κ3) is 3.38. The SMILES string of the molecule is O=[N+]([O-])c1cc([N+](=O)[O-])c(-c2c([N+](=O)[O-])nn(N(F)F)c2[N+](=O)[O-])c([N+](=O)[O-])c1. The summed E-state index contributed by atoms with van der Waals surface area (Å²) in [6.07, 6.45) is 0. The van der Waals surface area contributed by atoms with Gasteiger partial charge in [-0.05, 0) is 18.8 Å². The molecule has 0 saturated heterocycles. The largest absolute Gasteiger partial charge is 0.431 e. The minimum Gasteiger partial charge on any atom is -0.358 e. The molecule has 0 fully saturated rings. The van der Waals surface area contributed by atoms with Crippen LogP contribution in [0.1, 0.15) is 0 Å². The van der Waals surface area contributed by atoms with Gasteiger partial charge in [0, 0.05) is 0 Å². The van der Waals surface area contributed by atoms with E-state index in [1.807, 2.05) is 0 Å². The number of benzene rings is 1. The molecule has 0 aliphatic heterocycles. The molecule has 0 spiro atoms. The molecular weight excluding hydrogens is 418 g/mol. The summed E-state index contributed by atoms with van der Waals surface area (Å²) in [4.78, 5) is 47.4. The summed E-state index contributed by atoms with van der Waals surface area (Å²) in [5, 5.41) is 58.4. The number of hydrogen-bond donors (Lipinski definition) is 0. The van der Waals surface area contributed by atoms with Gasteiger partial charge in [-0.2, -0.15) is 0 Å². The maximum absolute atomic E-state index is 12.9. The van der Waals surface area contributed by atoms with Crippen LogP contribution in [0.4, 0.5) is 37.7 Å². The second kappa shape index (κ2) is 7.01. The quantitative estimate of drug-likeness (QED) is 0.354. The number of rotatable bonds is 7. The summed E-state index contributed by atoms with van der Waals surface area (Å²) in [5.74, 6) is -3.70. The van der Waals surface area contributed by atoms with Crippen molar-refractivity contribution >= 4 is 28.7 Å². The summed E-state index contributed by atoms with van der Waals surface area (Å²) in [5.41, 5.74) is -9.51. The number of hydrogen-bond acceptors (Lipinski definition) is 12. The average Bonchev–Trinajstić information content (AvgIpc) is 3.01. The molecular formula is C9H2F2N8O10. The lowest BCUT2D eigenvalue weighted by atomic mass is 10.0. The maximum atomic E-state index is 12.9. The van der Waals surface area contributed by atoms with Crippen molar-refractivity contribution in [3.8, 4) is 11.1 Å². The minimum atomic E-state index is -2.09. The first-order valence-electron chi connectivity index (χ1n) is 6.53. The molecule has 0 N–H and O–H groups in total. The highest BCUT2D eigenvalue weighted by Gasteiger charge is 2.48. The van der Waals surface area contributed by atoms with Gasteiger partial charge in [0.25, 0.3) is 17.1 Å². The summed E-state index contributed by atoms with van der Waals surface area (Å²) in [6, 6.07) is 0.242. The van der Waals surface area contributed by atoms with Gasteiger partial charge in [-0.1, -0.05) is 0 Å². The van der Waals surface area contributed by atoms with Crippen molar-refractivity contribution in [2.24, 2.45) is 0 Å². The Morgan fingerprint density at radius 3 is 1.55 bits per heavy atom. The van der Waals surface area contributed by atoms with Gasteiger partial charge in [0.1, 0.15) is 4.79 Å². The summed E-state index contributed by atoms with van der Waals surface area (Å²) in [6.45, 7) is 0. The van der Waals surface area contributed by atoms with Crippen LogP contribution in [-0.2, 0) is 0 Å². The van der Waals surface area contributed by atoms with Gasteiger partial charge < -0.3 is 20.2 Å². The number of nitro benzene ring substituents is 3. The van der Waals surface area contributed by atoms with Crippen LogP contribution in [0.5, 0.6) is 0 Å². The van der Waals surface area contributed by atoms with Crippen LogP contribution in [0.2, 0.25) is 0 Å². The first-order valence-corrected chi connectivity index (χ1v) is 6.53. The topological polar surface area (TPSA) is 237 Å². The molecule has 152 valence electrons. The lowest BCUT2D eigenvalue weighted by Crippen LogP contribution is -2.19. The summed E-state index contributed by atoms with van der Waals surface area (Å²) < 4.78 is 25.8. The molecule has 20 heteroatoms. The molecule has 0 unspecified atom stereocenters. The predicted molar refractivity (Wildman–Crippen MR) is 81.4 cm³/mol. The molecule has 0 atom stereocenters. The second-order valence-corrected chi connectivity index (χ2v) is 4.77. The van der Waals surface area contributed by atoms with Crippen molar-refractivity contribution in [2.75, 3.05) is 5.45 Å². The van der Waals surface area contributed by atoms with E-state index < -0.39 is 74.7 Å². The van der Waals surface area contributed by atoms with Crippen LogP contribution >= 0.6 is 0 Å². The molecule has 2 aromatic rings. The van der Waals surface area contributed by atoms with E-state index in [1.165, 1.54) is 0 Å². The predicted octanol–water partition coefficient (Wildman–Crippen LogP) is 1.80. The van der Waals surface area contributed by atoms with E-state index in [-0.39, 0.29) is 12.1 Å². The van der Waals surface area contributed by atoms with E-state index in [4.69, 9.17) is 0 Å². The highest BCUT2D eigenvalue weighted by molar-refractivity contribution is 5.92. The van der Waals surface area contributed by atoms with Crippen molar-refractivity contribution in [3.05, 3.63) is 62.7 Å². The Labute approximate surface area is 152 Å².